The zero-order valence-electron chi connectivity index (χ0n) is 20.0. The third-order valence-corrected chi connectivity index (χ3v) is 5.67. The number of nitrogens with zero attached hydrogens (tertiary/aromatic N) is 4. The second-order valence-corrected chi connectivity index (χ2v) is 9.64. The van der Waals surface area contributed by atoms with Gasteiger partial charge in [0.25, 0.3) is 5.56 Å². The fraction of sp³-hybridized carbons (Fsp3) is 0.259. The van der Waals surface area contributed by atoms with E-state index in [9.17, 15) is 4.79 Å². The van der Waals surface area contributed by atoms with Gasteiger partial charge in [0, 0.05) is 17.2 Å². The molecule has 0 aliphatic rings. The van der Waals surface area contributed by atoms with Crippen LogP contribution >= 0.6 is 11.6 Å². The van der Waals surface area contributed by atoms with Crippen molar-refractivity contribution in [3.63, 3.8) is 0 Å². The highest BCUT2D eigenvalue weighted by molar-refractivity contribution is 6.31. The van der Waals surface area contributed by atoms with E-state index in [4.69, 9.17) is 21.3 Å². The maximum atomic E-state index is 13.2. The molecule has 0 amide bonds. The Morgan fingerprint density at radius 2 is 1.76 bits per heavy atom. The Labute approximate surface area is 204 Å². The topological polar surface area (TPSA) is 69.9 Å². The lowest BCUT2D eigenvalue weighted by Crippen LogP contribution is -2.23. The van der Waals surface area contributed by atoms with Gasteiger partial charge >= 0.3 is 0 Å². The average molecular weight is 475 g/mol. The maximum absolute atomic E-state index is 13.2. The molecule has 7 heteroatoms. The molecule has 0 bridgehead atoms. The summed E-state index contributed by atoms with van der Waals surface area (Å²) in [6.07, 6.45) is 1.76. The first-order chi connectivity index (χ1) is 16.1. The zero-order chi connectivity index (χ0) is 24.5. The molecule has 2 heterocycles. The van der Waals surface area contributed by atoms with E-state index >= 15 is 0 Å². The quantitative estimate of drug-likeness (QED) is 0.363. The molecule has 4 rings (SSSR count). The van der Waals surface area contributed by atoms with Crippen LogP contribution in [0, 0.1) is 13.8 Å². The fourth-order valence-electron chi connectivity index (χ4n) is 3.62. The van der Waals surface area contributed by atoms with E-state index in [1.165, 1.54) is 4.57 Å². The van der Waals surface area contributed by atoms with Gasteiger partial charge in [-0.15, -0.1) is 0 Å². The number of benzene rings is 2. The second-order valence-electron chi connectivity index (χ2n) is 9.26. The minimum Gasteiger partial charge on any atom is -0.472 e. The molecule has 0 fully saturated rings. The molecule has 2 aromatic heterocycles. The lowest BCUT2D eigenvalue weighted by Gasteiger charge is -2.17. The lowest BCUT2D eigenvalue weighted by atomic mass is 9.95. The number of aryl methyl sites for hydroxylation is 2. The Balaban J connectivity index is 1.68. The van der Waals surface area contributed by atoms with Crippen LogP contribution in [0.1, 0.15) is 43.5 Å². The molecule has 6 nitrogen and oxygen atoms in total. The van der Waals surface area contributed by atoms with Crippen LogP contribution in [0.4, 0.5) is 0 Å². The van der Waals surface area contributed by atoms with Gasteiger partial charge < -0.3 is 4.74 Å². The van der Waals surface area contributed by atoms with Crippen LogP contribution < -0.4 is 10.3 Å². The fourth-order valence-corrected chi connectivity index (χ4v) is 3.80. The van der Waals surface area contributed by atoms with Crippen LogP contribution in [0.25, 0.3) is 16.9 Å². The summed E-state index contributed by atoms with van der Waals surface area (Å²) in [5.74, 6) is 1.36. The molecule has 0 atom stereocenters. The molecule has 174 valence electrons. The molecule has 2 aromatic carbocycles. The number of ether oxygens (including phenoxy) is 1. The maximum Gasteiger partial charge on any atom is 0.280 e. The standard InChI is InChI=1S/C27H27ClN4O2/c1-17-8-6-9-19(14-17)16-34-24-23(28)25(33)32(18(2)30-24)21-11-7-10-20(15-21)22-12-13-29-26(31-22)27(3,4)5/h6-15H,16H2,1-5H3. The summed E-state index contributed by atoms with van der Waals surface area (Å²) in [4.78, 5) is 26.8. The van der Waals surface area contributed by atoms with E-state index < -0.39 is 0 Å². The van der Waals surface area contributed by atoms with Crippen molar-refractivity contribution in [1.82, 2.24) is 19.5 Å². The van der Waals surface area contributed by atoms with Crippen LogP contribution in [-0.4, -0.2) is 19.5 Å². The van der Waals surface area contributed by atoms with Crippen LogP contribution in [0.3, 0.4) is 0 Å². The van der Waals surface area contributed by atoms with Crippen LogP contribution in [-0.2, 0) is 12.0 Å². The number of hydrogen-bond donors (Lipinski definition) is 0. The van der Waals surface area contributed by atoms with Crippen molar-refractivity contribution >= 4 is 11.6 Å². The summed E-state index contributed by atoms with van der Waals surface area (Å²) >= 11 is 6.40. The number of aromatic nitrogens is 4. The molecule has 4 aromatic rings. The molecule has 0 radical (unpaired) electrons. The Morgan fingerprint density at radius 1 is 1.00 bits per heavy atom. The van der Waals surface area contributed by atoms with Gasteiger partial charge in [-0.1, -0.05) is 74.3 Å². The predicted octanol–water partition coefficient (Wildman–Crippen LogP) is 5.84. The normalized spacial score (nSPS) is 11.5. The number of rotatable bonds is 5. The molecule has 0 saturated carbocycles. The van der Waals surface area contributed by atoms with E-state index in [2.05, 4.69) is 30.7 Å². The van der Waals surface area contributed by atoms with Gasteiger partial charge in [0.05, 0.1) is 11.4 Å². The molecule has 0 N–H and O–H groups in total. The van der Waals surface area contributed by atoms with E-state index in [0.29, 0.717) is 11.5 Å². The monoisotopic (exact) mass is 474 g/mol. The Kier molecular flexibility index (Phi) is 6.53. The van der Waals surface area contributed by atoms with E-state index in [1.807, 2.05) is 61.5 Å². The van der Waals surface area contributed by atoms with Gasteiger partial charge in [-0.05, 0) is 37.6 Å². The first-order valence-electron chi connectivity index (χ1n) is 11.1. The van der Waals surface area contributed by atoms with Crippen molar-refractivity contribution in [1.29, 1.82) is 0 Å². The molecule has 0 saturated heterocycles. The van der Waals surface area contributed by atoms with Gasteiger partial charge in [0.2, 0.25) is 5.88 Å². The highest BCUT2D eigenvalue weighted by atomic mass is 35.5. The van der Waals surface area contributed by atoms with Crippen LogP contribution in [0.15, 0.2) is 65.6 Å². The minimum absolute atomic E-state index is 0.0549. The van der Waals surface area contributed by atoms with E-state index in [1.54, 1.807) is 13.1 Å². The summed E-state index contributed by atoms with van der Waals surface area (Å²) < 4.78 is 7.28. The average Bonchev–Trinajstić information content (AvgIpc) is 2.80. The van der Waals surface area contributed by atoms with Crippen LogP contribution in [0.5, 0.6) is 5.88 Å². The minimum atomic E-state index is -0.386. The summed E-state index contributed by atoms with van der Waals surface area (Å²) in [5, 5.41) is -0.0549. The largest absolute Gasteiger partial charge is 0.472 e. The molecular formula is C27H27ClN4O2. The SMILES string of the molecule is Cc1cccc(COc2nc(C)n(-c3cccc(-c4ccnc(C(C)(C)C)n4)c3)c(=O)c2Cl)c1. The van der Waals surface area contributed by atoms with Crippen molar-refractivity contribution in [3.05, 3.63) is 98.9 Å². The van der Waals surface area contributed by atoms with E-state index in [-0.39, 0.29) is 28.5 Å². The molecule has 0 aliphatic carbocycles. The lowest BCUT2D eigenvalue weighted by molar-refractivity contribution is 0.291. The summed E-state index contributed by atoms with van der Waals surface area (Å²) in [5.41, 5.74) is 3.85. The molecule has 0 unspecified atom stereocenters. The number of hydrogen-bond acceptors (Lipinski definition) is 5. The third-order valence-electron chi connectivity index (χ3n) is 5.35. The van der Waals surface area contributed by atoms with Crippen molar-refractivity contribution in [2.75, 3.05) is 0 Å². The van der Waals surface area contributed by atoms with Gasteiger partial charge in [0.1, 0.15) is 18.3 Å². The Hall–Kier alpha value is -3.51. The molecule has 0 spiro atoms. The van der Waals surface area contributed by atoms with Gasteiger partial charge in [0.15, 0.2) is 5.02 Å². The highest BCUT2D eigenvalue weighted by Crippen LogP contribution is 2.25. The van der Waals surface area contributed by atoms with Gasteiger partial charge in [-0.2, -0.15) is 4.98 Å². The molecular weight excluding hydrogens is 448 g/mol. The highest BCUT2D eigenvalue weighted by Gasteiger charge is 2.19. The Morgan fingerprint density at radius 3 is 2.50 bits per heavy atom. The summed E-state index contributed by atoms with van der Waals surface area (Å²) in [6.45, 7) is 10.3. The van der Waals surface area contributed by atoms with Crippen molar-refractivity contribution in [2.24, 2.45) is 0 Å². The zero-order valence-corrected chi connectivity index (χ0v) is 20.7. The first kappa shape index (κ1) is 23.6. The predicted molar refractivity (Wildman–Crippen MR) is 135 cm³/mol. The molecule has 0 aliphatic heterocycles. The second kappa shape index (κ2) is 9.39. The Bertz CT molecular complexity index is 1410. The summed E-state index contributed by atoms with van der Waals surface area (Å²) in [7, 11) is 0. The smallest absolute Gasteiger partial charge is 0.280 e. The number of halogens is 1. The van der Waals surface area contributed by atoms with Gasteiger partial charge in [-0.25, -0.2) is 9.97 Å². The first-order valence-corrected chi connectivity index (χ1v) is 11.4. The van der Waals surface area contributed by atoms with Crippen molar-refractivity contribution in [2.45, 2.75) is 46.6 Å². The third kappa shape index (κ3) is 5.02. The van der Waals surface area contributed by atoms with Crippen molar-refractivity contribution in [3.8, 4) is 22.8 Å². The summed E-state index contributed by atoms with van der Waals surface area (Å²) in [6, 6.07) is 17.4. The van der Waals surface area contributed by atoms with Crippen LogP contribution in [0.2, 0.25) is 5.02 Å². The van der Waals surface area contributed by atoms with Gasteiger partial charge in [-0.3, -0.25) is 9.36 Å². The molecule has 34 heavy (non-hydrogen) atoms. The van der Waals surface area contributed by atoms with Crippen molar-refractivity contribution < 1.29 is 4.74 Å². The van der Waals surface area contributed by atoms with E-state index in [0.717, 1.165) is 28.2 Å².